The van der Waals surface area contributed by atoms with Crippen LogP contribution in [0.2, 0.25) is 0 Å². The van der Waals surface area contributed by atoms with Gasteiger partial charge in [0.2, 0.25) is 5.82 Å². The Morgan fingerprint density at radius 1 is 1.10 bits per heavy atom. The minimum atomic E-state index is -0.808. The molecule has 1 aromatic carbocycles. The third-order valence-corrected chi connectivity index (χ3v) is 8.21. The van der Waals surface area contributed by atoms with E-state index in [1.165, 1.54) is 0 Å². The molecular formula is C30H37N7O3. The van der Waals surface area contributed by atoms with E-state index in [1.54, 1.807) is 15.3 Å². The molecule has 3 aromatic heterocycles. The second kappa shape index (κ2) is 12.4. The predicted molar refractivity (Wildman–Crippen MR) is 152 cm³/mol. The number of aryl methyl sites for hydroxylation is 1. The Morgan fingerprint density at radius 2 is 1.90 bits per heavy atom. The molecule has 3 heterocycles. The molecule has 0 spiro atoms. The van der Waals surface area contributed by atoms with Gasteiger partial charge in [-0.3, -0.25) is 18.9 Å². The third kappa shape index (κ3) is 5.76. The molecule has 0 saturated heterocycles. The monoisotopic (exact) mass is 543 g/mol. The minimum absolute atomic E-state index is 0.144. The zero-order chi connectivity index (χ0) is 28.1. The molecule has 0 amide bonds. The van der Waals surface area contributed by atoms with E-state index in [0.29, 0.717) is 18.8 Å². The maximum Gasteiger partial charge on any atom is 0.328 e. The van der Waals surface area contributed by atoms with Crippen LogP contribution in [0.25, 0.3) is 22.5 Å². The highest BCUT2D eigenvalue weighted by Gasteiger charge is 2.38. The predicted octanol–water partition coefficient (Wildman–Crippen LogP) is 5.12. The van der Waals surface area contributed by atoms with Crippen LogP contribution in [0.3, 0.4) is 0 Å². The number of hydrogen-bond donors (Lipinski definition) is 2. The van der Waals surface area contributed by atoms with Gasteiger partial charge in [0.15, 0.2) is 0 Å². The van der Waals surface area contributed by atoms with E-state index in [-0.39, 0.29) is 17.6 Å². The summed E-state index contributed by atoms with van der Waals surface area (Å²) in [5, 5.41) is 24.4. The number of carboxylic acids is 1. The fraction of sp³-hybridized carbons (Fsp3) is 0.467. The van der Waals surface area contributed by atoms with Crippen LogP contribution in [-0.4, -0.2) is 45.8 Å². The number of nitrogens with one attached hydrogen (secondary N) is 1. The van der Waals surface area contributed by atoms with Crippen LogP contribution >= 0.6 is 0 Å². The average Bonchev–Trinajstić information content (AvgIpc) is 3.55. The molecule has 1 aliphatic carbocycles. The molecule has 5 rings (SSSR count). The highest BCUT2D eigenvalue weighted by Crippen LogP contribution is 2.39. The van der Waals surface area contributed by atoms with Gasteiger partial charge in [0, 0.05) is 23.7 Å². The van der Waals surface area contributed by atoms with Gasteiger partial charge in [0.1, 0.15) is 0 Å². The fourth-order valence-electron chi connectivity index (χ4n) is 6.09. The summed E-state index contributed by atoms with van der Waals surface area (Å²) in [6.45, 7) is 4.56. The number of unbranched alkanes of at least 4 members (excludes halogenated alkanes) is 1. The lowest BCUT2D eigenvalue weighted by atomic mass is 9.85. The van der Waals surface area contributed by atoms with Gasteiger partial charge < -0.3 is 5.11 Å². The number of hydrogen-bond acceptors (Lipinski definition) is 6. The third-order valence-electron chi connectivity index (χ3n) is 8.21. The lowest BCUT2D eigenvalue weighted by Gasteiger charge is -2.29. The average molecular weight is 544 g/mol. The molecule has 3 unspecified atom stereocenters. The van der Waals surface area contributed by atoms with E-state index in [9.17, 15) is 14.7 Å². The quantitative estimate of drug-likeness (QED) is 0.265. The SMILES string of the molecule is CCCCc1cn(C2C(CC)CCCCC2C(=O)O)c(=O)n1Cc1cc(-c2cccc(-c3nn[nH]n3)c2)ccn1. The Labute approximate surface area is 233 Å². The van der Waals surface area contributed by atoms with Crippen molar-refractivity contribution >= 4 is 5.97 Å². The van der Waals surface area contributed by atoms with Crippen LogP contribution in [0.4, 0.5) is 0 Å². The van der Waals surface area contributed by atoms with Crippen LogP contribution in [-0.2, 0) is 17.8 Å². The highest BCUT2D eigenvalue weighted by molar-refractivity contribution is 5.71. The molecule has 3 atom stereocenters. The van der Waals surface area contributed by atoms with Gasteiger partial charge in [-0.15, -0.1) is 10.2 Å². The number of carboxylic acid groups (broad SMARTS) is 1. The molecule has 1 saturated carbocycles. The summed E-state index contributed by atoms with van der Waals surface area (Å²) in [5.74, 6) is -0.692. The molecule has 210 valence electrons. The van der Waals surface area contributed by atoms with E-state index in [0.717, 1.165) is 73.0 Å². The van der Waals surface area contributed by atoms with Gasteiger partial charge in [0.05, 0.1) is 24.2 Å². The Hall–Kier alpha value is -4.08. The largest absolute Gasteiger partial charge is 0.481 e. The molecule has 40 heavy (non-hydrogen) atoms. The molecule has 10 heteroatoms. The van der Waals surface area contributed by atoms with Crippen molar-refractivity contribution in [2.75, 3.05) is 0 Å². The maximum atomic E-state index is 14.0. The molecule has 0 bridgehead atoms. The number of aromatic nitrogens is 7. The second-order valence-electron chi connectivity index (χ2n) is 10.7. The van der Waals surface area contributed by atoms with Crippen molar-refractivity contribution in [1.29, 1.82) is 0 Å². The van der Waals surface area contributed by atoms with Crippen LogP contribution in [0.1, 0.15) is 76.2 Å². The fourth-order valence-corrected chi connectivity index (χ4v) is 6.09. The Balaban J connectivity index is 1.51. The number of carbonyl (C=O) groups is 1. The van der Waals surface area contributed by atoms with E-state index in [1.807, 2.05) is 42.6 Å². The first-order valence-corrected chi connectivity index (χ1v) is 14.3. The van der Waals surface area contributed by atoms with Crippen LogP contribution < -0.4 is 5.69 Å². The number of pyridine rings is 1. The van der Waals surface area contributed by atoms with Gasteiger partial charge in [0.25, 0.3) is 0 Å². The van der Waals surface area contributed by atoms with Crippen molar-refractivity contribution in [2.24, 2.45) is 11.8 Å². The lowest BCUT2D eigenvalue weighted by molar-refractivity contribution is -0.144. The normalized spacial score (nSPS) is 19.4. The van der Waals surface area contributed by atoms with Crippen LogP contribution in [0.15, 0.2) is 53.6 Å². The molecule has 0 aliphatic heterocycles. The topological polar surface area (TPSA) is 132 Å². The molecule has 0 radical (unpaired) electrons. The number of rotatable bonds is 10. The lowest BCUT2D eigenvalue weighted by Crippen LogP contribution is -2.37. The van der Waals surface area contributed by atoms with E-state index < -0.39 is 11.9 Å². The highest BCUT2D eigenvalue weighted by atomic mass is 16.4. The summed E-state index contributed by atoms with van der Waals surface area (Å²) in [6, 6.07) is 11.5. The summed E-state index contributed by atoms with van der Waals surface area (Å²) in [7, 11) is 0. The van der Waals surface area contributed by atoms with Crippen LogP contribution in [0, 0.1) is 11.8 Å². The van der Waals surface area contributed by atoms with Gasteiger partial charge in [-0.25, -0.2) is 4.79 Å². The number of nitrogens with zero attached hydrogens (tertiary/aromatic N) is 6. The van der Waals surface area contributed by atoms with Gasteiger partial charge in [-0.2, -0.15) is 5.21 Å². The van der Waals surface area contributed by atoms with Gasteiger partial charge in [-0.05, 0) is 66.1 Å². The van der Waals surface area contributed by atoms with Gasteiger partial charge in [-0.1, -0.05) is 57.7 Å². The summed E-state index contributed by atoms with van der Waals surface area (Å²) in [6.07, 6.45) is 10.7. The number of aromatic amines is 1. The first-order valence-electron chi connectivity index (χ1n) is 14.3. The minimum Gasteiger partial charge on any atom is -0.481 e. The summed E-state index contributed by atoms with van der Waals surface area (Å²) >= 11 is 0. The second-order valence-corrected chi connectivity index (χ2v) is 10.7. The first-order chi connectivity index (χ1) is 19.5. The smallest absolute Gasteiger partial charge is 0.328 e. The van der Waals surface area contributed by atoms with Crippen molar-refractivity contribution in [3.05, 3.63) is 70.7 Å². The summed E-state index contributed by atoms with van der Waals surface area (Å²) < 4.78 is 3.55. The Morgan fingerprint density at radius 3 is 2.65 bits per heavy atom. The number of benzene rings is 1. The van der Waals surface area contributed by atoms with Crippen molar-refractivity contribution in [3.8, 4) is 22.5 Å². The maximum absolute atomic E-state index is 14.0. The number of imidazole rings is 1. The molecule has 2 N–H and O–H groups in total. The molecule has 1 aliphatic rings. The Bertz CT molecular complexity index is 1490. The Kier molecular flexibility index (Phi) is 8.52. The zero-order valence-corrected chi connectivity index (χ0v) is 23.2. The molecule has 10 nitrogen and oxygen atoms in total. The molecular weight excluding hydrogens is 506 g/mol. The summed E-state index contributed by atoms with van der Waals surface area (Å²) in [5.41, 5.74) is 4.36. The van der Waals surface area contributed by atoms with E-state index in [2.05, 4.69) is 39.5 Å². The van der Waals surface area contributed by atoms with Crippen molar-refractivity contribution < 1.29 is 9.90 Å². The number of aliphatic carboxylic acids is 1. The molecule has 1 fully saturated rings. The van der Waals surface area contributed by atoms with Crippen molar-refractivity contribution in [1.82, 2.24) is 34.7 Å². The van der Waals surface area contributed by atoms with Crippen molar-refractivity contribution in [2.45, 2.75) is 77.8 Å². The molecule has 4 aromatic rings. The first kappa shape index (κ1) is 27.5. The van der Waals surface area contributed by atoms with E-state index >= 15 is 0 Å². The summed E-state index contributed by atoms with van der Waals surface area (Å²) in [4.78, 5) is 31.0. The van der Waals surface area contributed by atoms with Crippen molar-refractivity contribution in [3.63, 3.8) is 0 Å². The number of tetrazole rings is 1. The number of H-pyrrole nitrogens is 1. The van der Waals surface area contributed by atoms with Crippen LogP contribution in [0.5, 0.6) is 0 Å². The standard InChI is InChI=1S/C30H37N7O3/c1-3-5-12-25-19-37(27-20(4-2)9-6-7-13-26(27)29(38)39)30(40)36(25)18-24-17-22(14-15-31-24)21-10-8-11-23(16-21)28-32-34-35-33-28/h8,10-11,14-17,19-20,26-27H,3-7,9,12-13,18H2,1-2H3,(H,38,39)(H,32,33,34,35). The van der Waals surface area contributed by atoms with Gasteiger partial charge >= 0.3 is 11.7 Å². The van der Waals surface area contributed by atoms with E-state index in [4.69, 9.17) is 0 Å². The zero-order valence-electron chi connectivity index (χ0n) is 23.2.